The minimum atomic E-state index is 0.0616. The average Bonchev–Trinajstić information content (AvgIpc) is 2.82. The molecule has 0 atom stereocenters. The number of methoxy groups -OCH3 is 2. The Kier molecular flexibility index (Phi) is 11.7. The van der Waals surface area contributed by atoms with Crippen LogP contribution in [0, 0.1) is 22.7 Å². The summed E-state index contributed by atoms with van der Waals surface area (Å²) in [7, 11) is 3.28. The minimum absolute atomic E-state index is 0.0616. The van der Waals surface area contributed by atoms with E-state index in [1.807, 2.05) is 18.2 Å². The molecule has 0 aliphatic rings. The lowest BCUT2D eigenvalue weighted by Gasteiger charge is -2.19. The molecule has 0 aliphatic carbocycles. The Morgan fingerprint density at radius 2 is 1.36 bits per heavy atom. The fourth-order valence-electron chi connectivity index (χ4n) is 2.96. The molecule has 0 aliphatic heterocycles. The lowest BCUT2D eigenvalue weighted by molar-refractivity contribution is 0.183. The summed E-state index contributed by atoms with van der Waals surface area (Å²) in [5.74, 6) is 0.438. The number of hydrogen-bond acceptors (Lipinski definition) is 8. The SMILES string of the molecule is COCCCCOc1c(Cl)c(Sc2ccccc2N)c(OCCCCOC)c(C#N)c1C#N. The van der Waals surface area contributed by atoms with Crippen molar-refractivity contribution in [2.75, 3.05) is 46.4 Å². The van der Waals surface area contributed by atoms with Crippen molar-refractivity contribution in [3.63, 3.8) is 0 Å². The van der Waals surface area contributed by atoms with Gasteiger partial charge >= 0.3 is 0 Å². The maximum atomic E-state index is 9.92. The van der Waals surface area contributed by atoms with Gasteiger partial charge in [-0.15, -0.1) is 0 Å². The molecule has 176 valence electrons. The summed E-state index contributed by atoms with van der Waals surface area (Å²) >= 11 is 8.04. The van der Waals surface area contributed by atoms with E-state index in [-0.39, 0.29) is 27.6 Å². The lowest BCUT2D eigenvalue weighted by atomic mass is 10.1. The summed E-state index contributed by atoms with van der Waals surface area (Å²) in [5, 5.41) is 20.0. The van der Waals surface area contributed by atoms with Crippen LogP contribution < -0.4 is 15.2 Å². The van der Waals surface area contributed by atoms with Crippen molar-refractivity contribution in [1.82, 2.24) is 0 Å². The normalized spacial score (nSPS) is 10.5. The number of hydrogen-bond donors (Lipinski definition) is 1. The van der Waals surface area contributed by atoms with E-state index in [4.69, 9.17) is 36.3 Å². The van der Waals surface area contributed by atoms with E-state index in [1.165, 1.54) is 11.8 Å². The molecule has 33 heavy (non-hydrogen) atoms. The van der Waals surface area contributed by atoms with E-state index in [9.17, 15) is 10.5 Å². The predicted molar refractivity (Wildman–Crippen MR) is 129 cm³/mol. The fourth-order valence-corrected chi connectivity index (χ4v) is 4.30. The molecule has 2 aromatic rings. The number of nitrogen functional groups attached to an aromatic ring is 1. The number of anilines is 1. The van der Waals surface area contributed by atoms with Gasteiger partial charge in [0.1, 0.15) is 28.3 Å². The molecule has 0 saturated carbocycles. The second kappa shape index (κ2) is 14.5. The third kappa shape index (κ3) is 7.45. The first-order valence-electron chi connectivity index (χ1n) is 10.5. The Morgan fingerprint density at radius 1 is 0.848 bits per heavy atom. The molecule has 0 saturated heterocycles. The van der Waals surface area contributed by atoms with Gasteiger partial charge in [-0.05, 0) is 37.8 Å². The predicted octanol–water partition coefficient (Wildman–Crippen LogP) is 5.43. The molecule has 2 rings (SSSR count). The number of halogens is 1. The molecular formula is C24H28ClN3O4S. The van der Waals surface area contributed by atoms with Crippen LogP contribution in [-0.4, -0.2) is 40.6 Å². The van der Waals surface area contributed by atoms with Crippen LogP contribution in [0.15, 0.2) is 34.1 Å². The molecule has 7 nitrogen and oxygen atoms in total. The summed E-state index contributed by atoms with van der Waals surface area (Å²) in [6.07, 6.45) is 3.02. The highest BCUT2D eigenvalue weighted by Crippen LogP contribution is 2.49. The van der Waals surface area contributed by atoms with Crippen LogP contribution in [0.1, 0.15) is 36.8 Å². The monoisotopic (exact) mass is 489 g/mol. The van der Waals surface area contributed by atoms with Crippen molar-refractivity contribution >= 4 is 29.1 Å². The van der Waals surface area contributed by atoms with Crippen LogP contribution in [0.25, 0.3) is 0 Å². The third-order valence-electron chi connectivity index (χ3n) is 4.64. The lowest BCUT2D eigenvalue weighted by Crippen LogP contribution is -2.07. The maximum Gasteiger partial charge on any atom is 0.158 e. The van der Waals surface area contributed by atoms with Gasteiger partial charge in [-0.2, -0.15) is 10.5 Å². The zero-order chi connectivity index (χ0) is 24.1. The Hall–Kier alpha value is -2.62. The van der Waals surface area contributed by atoms with Gasteiger partial charge < -0.3 is 24.7 Å². The van der Waals surface area contributed by atoms with Crippen LogP contribution >= 0.6 is 23.4 Å². The van der Waals surface area contributed by atoms with Gasteiger partial charge in [-0.3, -0.25) is 0 Å². The Balaban J connectivity index is 2.48. The smallest absolute Gasteiger partial charge is 0.158 e. The number of benzene rings is 2. The Labute approximate surface area is 204 Å². The van der Waals surface area contributed by atoms with Crippen LogP contribution in [-0.2, 0) is 9.47 Å². The quantitative estimate of drug-likeness (QED) is 0.276. The van der Waals surface area contributed by atoms with Crippen LogP contribution in [0.5, 0.6) is 11.5 Å². The van der Waals surface area contributed by atoms with E-state index in [0.29, 0.717) is 49.9 Å². The molecule has 0 aromatic heterocycles. The summed E-state index contributed by atoms with van der Waals surface area (Å²) in [4.78, 5) is 1.24. The van der Waals surface area contributed by atoms with Gasteiger partial charge in [0.2, 0.25) is 0 Å². The number of nitrogens with zero attached hydrogens (tertiary/aromatic N) is 2. The van der Waals surface area contributed by atoms with Gasteiger partial charge in [0.15, 0.2) is 11.5 Å². The fraction of sp³-hybridized carbons (Fsp3) is 0.417. The molecule has 0 amide bonds. The van der Waals surface area contributed by atoms with Crippen molar-refractivity contribution in [3.05, 3.63) is 40.4 Å². The van der Waals surface area contributed by atoms with Gasteiger partial charge in [0, 0.05) is 38.0 Å². The molecule has 2 aromatic carbocycles. The zero-order valence-electron chi connectivity index (χ0n) is 18.9. The summed E-state index contributed by atoms with van der Waals surface area (Å²) < 4.78 is 22.0. The second-order valence-corrected chi connectivity index (χ2v) is 8.44. The van der Waals surface area contributed by atoms with Crippen molar-refractivity contribution in [1.29, 1.82) is 10.5 Å². The summed E-state index contributed by atoms with van der Waals surface area (Å²) in [6.45, 7) is 1.89. The minimum Gasteiger partial charge on any atom is -0.491 e. The molecule has 0 bridgehead atoms. The van der Waals surface area contributed by atoms with Crippen LogP contribution in [0.4, 0.5) is 5.69 Å². The number of unbranched alkanes of at least 4 members (excludes halogenated alkanes) is 2. The van der Waals surface area contributed by atoms with E-state index in [2.05, 4.69) is 12.1 Å². The van der Waals surface area contributed by atoms with Gasteiger partial charge in [-0.25, -0.2) is 0 Å². The van der Waals surface area contributed by atoms with Crippen molar-refractivity contribution in [2.45, 2.75) is 35.5 Å². The van der Waals surface area contributed by atoms with Gasteiger partial charge in [0.05, 0.1) is 18.1 Å². The molecule has 2 N–H and O–H groups in total. The van der Waals surface area contributed by atoms with Crippen molar-refractivity contribution in [2.24, 2.45) is 0 Å². The highest BCUT2D eigenvalue weighted by molar-refractivity contribution is 7.99. The molecule has 9 heteroatoms. The average molecular weight is 490 g/mol. The maximum absolute atomic E-state index is 9.92. The van der Waals surface area contributed by atoms with Crippen LogP contribution in [0.2, 0.25) is 5.02 Å². The molecule has 0 heterocycles. The first kappa shape index (κ1) is 26.6. The number of ether oxygens (including phenoxy) is 4. The first-order valence-corrected chi connectivity index (χ1v) is 11.7. The number of rotatable bonds is 14. The summed E-state index contributed by atoms with van der Waals surface area (Å²) in [5.41, 5.74) is 6.86. The Bertz CT molecular complexity index is 1000. The van der Waals surface area contributed by atoms with E-state index < -0.39 is 0 Å². The molecule has 0 fully saturated rings. The second-order valence-electron chi connectivity index (χ2n) is 7.01. The van der Waals surface area contributed by atoms with Gasteiger partial charge in [0.25, 0.3) is 0 Å². The van der Waals surface area contributed by atoms with Gasteiger partial charge in [-0.1, -0.05) is 35.5 Å². The molecule has 0 radical (unpaired) electrons. The highest BCUT2D eigenvalue weighted by Gasteiger charge is 2.27. The number of nitrogens with two attached hydrogens (primary N) is 1. The van der Waals surface area contributed by atoms with Crippen molar-refractivity contribution in [3.8, 4) is 23.6 Å². The van der Waals surface area contributed by atoms with E-state index in [1.54, 1.807) is 20.3 Å². The third-order valence-corrected chi connectivity index (χ3v) is 6.30. The van der Waals surface area contributed by atoms with E-state index >= 15 is 0 Å². The van der Waals surface area contributed by atoms with Crippen LogP contribution in [0.3, 0.4) is 0 Å². The standard InChI is InChI=1S/C24H28ClN3O4S/c1-29-11-5-7-13-31-22-17(15-26)18(16-27)23(32-14-8-6-12-30-2)24(21(22)25)33-20-10-4-3-9-19(20)28/h3-4,9-10H,5-8,11-14,28H2,1-2H3. The molecule has 0 unspecified atom stereocenters. The molecular weight excluding hydrogens is 462 g/mol. The molecule has 0 spiro atoms. The highest BCUT2D eigenvalue weighted by atomic mass is 35.5. The Morgan fingerprint density at radius 3 is 1.91 bits per heavy atom. The number of para-hydroxylation sites is 1. The topological polar surface area (TPSA) is 111 Å². The van der Waals surface area contributed by atoms with Crippen molar-refractivity contribution < 1.29 is 18.9 Å². The first-order chi connectivity index (χ1) is 16.1. The summed E-state index contributed by atoms with van der Waals surface area (Å²) in [6, 6.07) is 11.5. The zero-order valence-corrected chi connectivity index (χ0v) is 20.4. The number of nitriles is 2. The van der Waals surface area contributed by atoms with E-state index in [0.717, 1.165) is 17.7 Å². The largest absolute Gasteiger partial charge is 0.491 e.